The van der Waals surface area contributed by atoms with Crippen molar-refractivity contribution in [1.29, 1.82) is 0 Å². The molecule has 1 aromatic heterocycles. The second-order valence-corrected chi connectivity index (χ2v) is 2.76. The van der Waals surface area contributed by atoms with Crippen molar-refractivity contribution >= 4 is 17.9 Å². The van der Waals surface area contributed by atoms with Crippen molar-refractivity contribution in [3.63, 3.8) is 0 Å². The molecule has 0 aliphatic heterocycles. The number of esters is 1. The number of nitrogens with two attached hydrogens (primary N) is 1. The Morgan fingerprint density at radius 2 is 2.47 bits per heavy atom. The average Bonchev–Trinajstić information content (AvgIpc) is 2.20. The third-order valence-electron chi connectivity index (χ3n) is 1.62. The van der Waals surface area contributed by atoms with Crippen LogP contribution in [0.15, 0.2) is 18.3 Å². The molecule has 15 heavy (non-hydrogen) atoms. The molecule has 0 aromatic carbocycles. The fourth-order valence-electron chi connectivity index (χ4n) is 0.925. The molecular formula is C10H12N2O3. The fourth-order valence-corrected chi connectivity index (χ4v) is 0.925. The number of anilines is 1. The van der Waals surface area contributed by atoms with E-state index in [1.54, 1.807) is 6.92 Å². The highest BCUT2D eigenvalue weighted by molar-refractivity contribution is 5.87. The first-order valence-corrected chi connectivity index (χ1v) is 4.42. The summed E-state index contributed by atoms with van der Waals surface area (Å²) in [5.41, 5.74) is 5.89. The van der Waals surface area contributed by atoms with E-state index in [1.807, 2.05) is 0 Å². The number of nitrogens with zero attached hydrogens (tertiary/aromatic N) is 1. The molecule has 1 heterocycles. The van der Waals surface area contributed by atoms with Gasteiger partial charge in [0.05, 0.1) is 6.61 Å². The molecular weight excluding hydrogens is 196 g/mol. The van der Waals surface area contributed by atoms with Crippen LogP contribution in [0.2, 0.25) is 0 Å². The number of aromatic nitrogens is 1. The van der Waals surface area contributed by atoms with Crippen molar-refractivity contribution in [1.82, 2.24) is 4.98 Å². The topological polar surface area (TPSA) is 85.4 Å². The highest BCUT2D eigenvalue weighted by atomic mass is 16.5. The molecule has 0 aliphatic rings. The number of carbonyl (C=O) groups excluding carboxylic acids is 1. The quantitative estimate of drug-likeness (QED) is 0.570. The summed E-state index contributed by atoms with van der Waals surface area (Å²) in [5.74, 6) is -0.488. The number of hydrogen-bond acceptors (Lipinski definition) is 5. The molecule has 1 rings (SSSR count). The summed E-state index contributed by atoms with van der Waals surface area (Å²) in [6, 6.07) is 1.41. The van der Waals surface area contributed by atoms with E-state index >= 15 is 0 Å². The van der Waals surface area contributed by atoms with E-state index in [2.05, 4.69) is 9.72 Å². The minimum Gasteiger partial charge on any atom is -0.504 e. The molecule has 0 spiro atoms. The minimum absolute atomic E-state index is 0.0586. The third kappa shape index (κ3) is 3.30. The molecule has 0 unspecified atom stereocenters. The molecule has 0 saturated carbocycles. The van der Waals surface area contributed by atoms with Gasteiger partial charge in [-0.15, -0.1) is 0 Å². The van der Waals surface area contributed by atoms with E-state index in [0.717, 1.165) is 0 Å². The van der Waals surface area contributed by atoms with Gasteiger partial charge in [0, 0.05) is 12.3 Å². The number of hydrogen-bond donors (Lipinski definition) is 2. The molecule has 0 aliphatic carbocycles. The molecule has 0 atom stereocenters. The molecule has 80 valence electrons. The Balaban J connectivity index is 2.72. The van der Waals surface area contributed by atoms with Gasteiger partial charge in [0.1, 0.15) is 0 Å². The van der Waals surface area contributed by atoms with Crippen LogP contribution in [0.1, 0.15) is 12.5 Å². The Kier molecular flexibility index (Phi) is 3.68. The van der Waals surface area contributed by atoms with Gasteiger partial charge in [-0.25, -0.2) is 9.78 Å². The van der Waals surface area contributed by atoms with Gasteiger partial charge in [0.15, 0.2) is 11.6 Å². The van der Waals surface area contributed by atoms with Crippen molar-refractivity contribution in [2.24, 2.45) is 0 Å². The average molecular weight is 208 g/mol. The predicted molar refractivity (Wildman–Crippen MR) is 56.0 cm³/mol. The second-order valence-electron chi connectivity index (χ2n) is 2.76. The van der Waals surface area contributed by atoms with Crippen LogP contribution >= 0.6 is 0 Å². The summed E-state index contributed by atoms with van der Waals surface area (Å²) >= 11 is 0. The fraction of sp³-hybridized carbons (Fsp3) is 0.200. The number of pyridine rings is 1. The summed E-state index contributed by atoms with van der Waals surface area (Å²) < 4.78 is 4.68. The number of nitrogen functional groups attached to an aromatic ring is 1. The van der Waals surface area contributed by atoms with Crippen molar-refractivity contribution in [3.05, 3.63) is 23.9 Å². The lowest BCUT2D eigenvalue weighted by molar-refractivity contribution is -0.137. The lowest BCUT2D eigenvalue weighted by Crippen LogP contribution is -1.98. The molecule has 0 bridgehead atoms. The predicted octanol–water partition coefficient (Wildman–Crippen LogP) is 0.946. The summed E-state index contributed by atoms with van der Waals surface area (Å²) in [6.07, 6.45) is 4.20. The van der Waals surface area contributed by atoms with Gasteiger partial charge >= 0.3 is 5.97 Å². The first kappa shape index (κ1) is 11.0. The molecule has 5 heteroatoms. The Hall–Kier alpha value is -2.04. The minimum atomic E-state index is -0.436. The van der Waals surface area contributed by atoms with Crippen LogP contribution in [0.3, 0.4) is 0 Å². The van der Waals surface area contributed by atoms with Gasteiger partial charge in [-0.05, 0) is 24.6 Å². The highest BCUT2D eigenvalue weighted by Gasteiger charge is 1.99. The number of ether oxygens (including phenoxy) is 1. The Morgan fingerprint density at radius 3 is 3.07 bits per heavy atom. The van der Waals surface area contributed by atoms with Crippen LogP contribution in [-0.4, -0.2) is 22.7 Å². The number of carbonyl (C=O) groups is 1. The molecule has 5 nitrogen and oxygen atoms in total. The van der Waals surface area contributed by atoms with E-state index < -0.39 is 5.97 Å². The van der Waals surface area contributed by atoms with Crippen molar-refractivity contribution in [2.75, 3.05) is 12.3 Å². The van der Waals surface area contributed by atoms with E-state index in [0.29, 0.717) is 12.2 Å². The van der Waals surface area contributed by atoms with Crippen LogP contribution in [0, 0.1) is 0 Å². The van der Waals surface area contributed by atoms with Crippen molar-refractivity contribution in [3.8, 4) is 5.75 Å². The van der Waals surface area contributed by atoms with E-state index in [-0.39, 0.29) is 11.6 Å². The molecule has 0 radical (unpaired) electrons. The molecule has 0 saturated heterocycles. The van der Waals surface area contributed by atoms with Gasteiger partial charge < -0.3 is 15.6 Å². The Morgan fingerprint density at radius 1 is 1.73 bits per heavy atom. The van der Waals surface area contributed by atoms with Crippen LogP contribution < -0.4 is 5.73 Å². The Bertz CT molecular complexity index is 388. The highest BCUT2D eigenvalue weighted by Crippen LogP contribution is 2.18. The maximum atomic E-state index is 11.0. The number of rotatable bonds is 3. The summed E-state index contributed by atoms with van der Waals surface area (Å²) in [7, 11) is 0. The standard InChI is InChI=1S/C10H12N2O3/c1-2-15-9(14)4-3-7-5-8(13)10(11)12-6-7/h3-6,13H,2H2,1H3,(H2,11,12). The third-order valence-corrected chi connectivity index (χ3v) is 1.62. The first-order chi connectivity index (χ1) is 7.13. The maximum absolute atomic E-state index is 11.0. The van der Waals surface area contributed by atoms with Crippen LogP contribution in [0.4, 0.5) is 5.82 Å². The zero-order valence-corrected chi connectivity index (χ0v) is 8.30. The van der Waals surface area contributed by atoms with Gasteiger partial charge in [-0.3, -0.25) is 0 Å². The van der Waals surface area contributed by atoms with Gasteiger partial charge in [0.2, 0.25) is 0 Å². The lowest BCUT2D eigenvalue weighted by atomic mass is 10.2. The summed E-state index contributed by atoms with van der Waals surface area (Å²) in [4.78, 5) is 14.7. The molecule has 1 aromatic rings. The van der Waals surface area contributed by atoms with E-state index in [9.17, 15) is 9.90 Å². The van der Waals surface area contributed by atoms with Gasteiger partial charge in [-0.1, -0.05) is 0 Å². The van der Waals surface area contributed by atoms with Crippen molar-refractivity contribution < 1.29 is 14.6 Å². The van der Waals surface area contributed by atoms with Crippen LogP contribution in [0.25, 0.3) is 6.08 Å². The van der Waals surface area contributed by atoms with Crippen LogP contribution in [0.5, 0.6) is 5.75 Å². The zero-order valence-electron chi connectivity index (χ0n) is 8.30. The second kappa shape index (κ2) is 4.99. The zero-order chi connectivity index (χ0) is 11.3. The molecule has 3 N–H and O–H groups in total. The van der Waals surface area contributed by atoms with E-state index in [1.165, 1.54) is 24.4 Å². The maximum Gasteiger partial charge on any atom is 0.330 e. The smallest absolute Gasteiger partial charge is 0.330 e. The monoisotopic (exact) mass is 208 g/mol. The Labute approximate surface area is 87.2 Å². The van der Waals surface area contributed by atoms with Gasteiger partial charge in [0.25, 0.3) is 0 Å². The molecule has 0 amide bonds. The van der Waals surface area contributed by atoms with Crippen LogP contribution in [-0.2, 0) is 9.53 Å². The lowest BCUT2D eigenvalue weighted by Gasteiger charge is -1.98. The summed E-state index contributed by atoms with van der Waals surface area (Å²) in [5, 5.41) is 9.23. The van der Waals surface area contributed by atoms with Crippen molar-refractivity contribution in [2.45, 2.75) is 6.92 Å². The molecule has 0 fully saturated rings. The largest absolute Gasteiger partial charge is 0.504 e. The van der Waals surface area contributed by atoms with E-state index in [4.69, 9.17) is 5.73 Å². The summed E-state index contributed by atoms with van der Waals surface area (Å²) in [6.45, 7) is 2.05. The number of aromatic hydroxyl groups is 1. The SMILES string of the molecule is CCOC(=O)C=Cc1cnc(N)c(O)c1. The van der Waals surface area contributed by atoms with Gasteiger partial charge in [-0.2, -0.15) is 0 Å². The normalized spacial score (nSPS) is 10.5. The first-order valence-electron chi connectivity index (χ1n) is 4.42.